The molecular weight excluding hydrogens is 320 g/mol. The molecule has 0 radical (unpaired) electrons. The molecule has 1 heterocycles. The molecule has 3 rings (SSSR count). The van der Waals surface area contributed by atoms with Gasteiger partial charge in [-0.25, -0.2) is 0 Å². The molecule has 0 amide bonds. The van der Waals surface area contributed by atoms with Crippen LogP contribution in [0.4, 0.5) is 0 Å². The number of piperidine rings is 1. The molecule has 2 aromatic rings. The Balaban J connectivity index is 1.42. The quantitative estimate of drug-likeness (QED) is 0.487. The monoisotopic (exact) mass is 350 g/mol. The van der Waals surface area contributed by atoms with Crippen molar-refractivity contribution in [3.63, 3.8) is 0 Å². The third kappa shape index (κ3) is 6.30. The molecule has 0 bridgehead atoms. The minimum atomic E-state index is 0.769. The zero-order valence-electron chi connectivity index (χ0n) is 15.6. The lowest BCUT2D eigenvalue weighted by Crippen LogP contribution is -2.31. The Hall–Kier alpha value is -2.13. The van der Waals surface area contributed by atoms with Crippen molar-refractivity contribution >= 4 is 6.21 Å². The normalized spacial score (nSPS) is 15.4. The first-order chi connectivity index (χ1) is 12.9. The van der Waals surface area contributed by atoms with E-state index in [0.29, 0.717) is 0 Å². The summed E-state index contributed by atoms with van der Waals surface area (Å²) in [5.74, 6) is 0.939. The van der Waals surface area contributed by atoms with Crippen molar-refractivity contribution in [1.82, 2.24) is 4.90 Å². The molecule has 0 N–H and O–H groups in total. The summed E-state index contributed by atoms with van der Waals surface area (Å²) in [5.41, 5.74) is 2.39. The predicted molar refractivity (Wildman–Crippen MR) is 109 cm³/mol. The first kappa shape index (κ1) is 18.7. The van der Waals surface area contributed by atoms with Crippen LogP contribution in [0.2, 0.25) is 0 Å². The fraction of sp³-hybridized carbons (Fsp3) is 0.435. The zero-order chi connectivity index (χ0) is 17.9. The van der Waals surface area contributed by atoms with Gasteiger partial charge in [0.15, 0.2) is 0 Å². The molecule has 3 nitrogen and oxygen atoms in total. The van der Waals surface area contributed by atoms with E-state index in [1.165, 1.54) is 37.9 Å². The van der Waals surface area contributed by atoms with Crippen molar-refractivity contribution in [1.29, 1.82) is 0 Å². The summed E-state index contributed by atoms with van der Waals surface area (Å²) in [5, 5.41) is 0. The highest BCUT2D eigenvalue weighted by molar-refractivity contribution is 5.83. The van der Waals surface area contributed by atoms with Gasteiger partial charge in [-0.05, 0) is 56.5 Å². The maximum absolute atomic E-state index is 6.03. The van der Waals surface area contributed by atoms with Gasteiger partial charge in [0.2, 0.25) is 0 Å². The minimum Gasteiger partial charge on any atom is -0.493 e. The fourth-order valence-electron chi connectivity index (χ4n) is 3.37. The van der Waals surface area contributed by atoms with Crippen LogP contribution in [0.15, 0.2) is 59.6 Å². The van der Waals surface area contributed by atoms with Crippen LogP contribution in [0.1, 0.15) is 36.8 Å². The van der Waals surface area contributed by atoms with Gasteiger partial charge in [-0.15, -0.1) is 0 Å². The van der Waals surface area contributed by atoms with Crippen molar-refractivity contribution in [2.45, 2.75) is 32.1 Å². The topological polar surface area (TPSA) is 24.8 Å². The summed E-state index contributed by atoms with van der Waals surface area (Å²) in [6.45, 7) is 5.22. The van der Waals surface area contributed by atoms with Gasteiger partial charge in [0.1, 0.15) is 5.75 Å². The molecule has 1 aliphatic heterocycles. The van der Waals surface area contributed by atoms with Gasteiger partial charge >= 0.3 is 0 Å². The predicted octanol–water partition coefficient (Wildman–Crippen LogP) is 4.60. The largest absolute Gasteiger partial charge is 0.493 e. The average Bonchev–Trinajstić information content (AvgIpc) is 2.71. The van der Waals surface area contributed by atoms with E-state index in [2.05, 4.69) is 40.2 Å². The molecule has 1 aliphatic rings. The Bertz CT molecular complexity index is 663. The maximum atomic E-state index is 6.03. The lowest BCUT2D eigenvalue weighted by molar-refractivity contribution is 0.205. The summed E-state index contributed by atoms with van der Waals surface area (Å²) >= 11 is 0. The van der Waals surface area contributed by atoms with E-state index >= 15 is 0 Å². The second-order valence-corrected chi connectivity index (χ2v) is 6.91. The van der Waals surface area contributed by atoms with E-state index in [-0.39, 0.29) is 0 Å². The first-order valence-electron chi connectivity index (χ1n) is 9.90. The number of nitrogens with zero attached hydrogens (tertiary/aromatic N) is 2. The Morgan fingerprint density at radius 2 is 1.69 bits per heavy atom. The maximum Gasteiger partial charge on any atom is 0.128 e. The standard InChI is InChI=1S/C23H30N2O/c1-3-10-21(11-4-1)14-15-24-20-22-12-5-6-13-23(22)26-19-9-18-25-16-7-2-8-17-25/h1,3-6,10-13,20H,2,7-9,14-19H2. The third-order valence-electron chi connectivity index (χ3n) is 4.85. The summed E-state index contributed by atoms with van der Waals surface area (Å²) in [6.07, 6.45) is 8.09. The van der Waals surface area contributed by atoms with Gasteiger partial charge in [0.05, 0.1) is 6.61 Å². The van der Waals surface area contributed by atoms with Crippen LogP contribution in [0.3, 0.4) is 0 Å². The minimum absolute atomic E-state index is 0.769. The molecule has 26 heavy (non-hydrogen) atoms. The van der Waals surface area contributed by atoms with Crippen LogP contribution in [0.5, 0.6) is 5.75 Å². The van der Waals surface area contributed by atoms with Crippen LogP contribution in [-0.2, 0) is 6.42 Å². The molecule has 138 valence electrons. The van der Waals surface area contributed by atoms with E-state index in [9.17, 15) is 0 Å². The van der Waals surface area contributed by atoms with Crippen LogP contribution < -0.4 is 4.74 Å². The lowest BCUT2D eigenvalue weighted by Gasteiger charge is -2.26. The van der Waals surface area contributed by atoms with Gasteiger partial charge in [-0.2, -0.15) is 0 Å². The van der Waals surface area contributed by atoms with Crippen molar-refractivity contribution in [3.05, 3.63) is 65.7 Å². The van der Waals surface area contributed by atoms with Crippen molar-refractivity contribution < 1.29 is 4.74 Å². The highest BCUT2D eigenvalue weighted by Gasteiger charge is 2.09. The Morgan fingerprint density at radius 3 is 2.54 bits per heavy atom. The van der Waals surface area contributed by atoms with Crippen molar-refractivity contribution in [2.75, 3.05) is 32.8 Å². The second kappa shape index (κ2) is 10.8. The molecule has 2 aromatic carbocycles. The van der Waals surface area contributed by atoms with Gasteiger partial charge in [-0.1, -0.05) is 48.9 Å². The highest BCUT2D eigenvalue weighted by Crippen LogP contribution is 2.16. The number of likely N-dealkylation sites (tertiary alicyclic amines) is 1. The molecule has 0 aromatic heterocycles. The summed E-state index contributed by atoms with van der Waals surface area (Å²) < 4.78 is 6.03. The van der Waals surface area contributed by atoms with Crippen LogP contribution in [0, 0.1) is 0 Å². The molecule has 0 saturated carbocycles. The molecule has 1 fully saturated rings. The first-order valence-corrected chi connectivity index (χ1v) is 9.90. The Kier molecular flexibility index (Phi) is 7.73. The van der Waals surface area contributed by atoms with Crippen molar-refractivity contribution in [3.8, 4) is 5.75 Å². The summed E-state index contributed by atoms with van der Waals surface area (Å²) in [6, 6.07) is 18.7. The SMILES string of the molecule is C(=NCCc1ccccc1)c1ccccc1OCCCN1CCCCC1. The Morgan fingerprint density at radius 1 is 0.923 bits per heavy atom. The molecule has 0 unspecified atom stereocenters. The Labute approximate surface area is 157 Å². The van der Waals surface area contributed by atoms with Crippen molar-refractivity contribution in [2.24, 2.45) is 4.99 Å². The number of ether oxygens (including phenoxy) is 1. The van der Waals surface area contributed by atoms with Gasteiger partial charge < -0.3 is 9.64 Å². The molecule has 0 atom stereocenters. The van der Waals surface area contributed by atoms with E-state index in [4.69, 9.17) is 4.74 Å². The molecular formula is C23H30N2O. The van der Waals surface area contributed by atoms with E-state index < -0.39 is 0 Å². The van der Waals surface area contributed by atoms with Gasteiger partial charge in [0, 0.05) is 24.9 Å². The second-order valence-electron chi connectivity index (χ2n) is 6.91. The number of aliphatic imine (C=N–C) groups is 1. The van der Waals surface area contributed by atoms with Gasteiger partial charge in [0.25, 0.3) is 0 Å². The number of rotatable bonds is 9. The summed E-state index contributed by atoms with van der Waals surface area (Å²) in [7, 11) is 0. The zero-order valence-corrected chi connectivity index (χ0v) is 15.6. The molecule has 1 saturated heterocycles. The third-order valence-corrected chi connectivity index (χ3v) is 4.85. The van der Waals surface area contributed by atoms with Crippen LogP contribution in [-0.4, -0.2) is 43.9 Å². The number of para-hydroxylation sites is 1. The summed E-state index contributed by atoms with van der Waals surface area (Å²) in [4.78, 5) is 7.15. The number of benzene rings is 2. The number of hydrogen-bond acceptors (Lipinski definition) is 3. The fourth-order valence-corrected chi connectivity index (χ4v) is 3.37. The highest BCUT2D eigenvalue weighted by atomic mass is 16.5. The smallest absolute Gasteiger partial charge is 0.128 e. The molecule has 3 heteroatoms. The number of hydrogen-bond donors (Lipinski definition) is 0. The molecule has 0 spiro atoms. The van der Waals surface area contributed by atoms with Crippen LogP contribution >= 0.6 is 0 Å². The molecule has 0 aliphatic carbocycles. The van der Waals surface area contributed by atoms with E-state index in [1.54, 1.807) is 0 Å². The van der Waals surface area contributed by atoms with E-state index in [0.717, 1.165) is 43.9 Å². The van der Waals surface area contributed by atoms with Gasteiger partial charge in [-0.3, -0.25) is 4.99 Å². The van der Waals surface area contributed by atoms with E-state index in [1.807, 2.05) is 30.5 Å². The van der Waals surface area contributed by atoms with Crippen LogP contribution in [0.25, 0.3) is 0 Å². The lowest BCUT2D eigenvalue weighted by atomic mass is 10.1. The average molecular weight is 351 g/mol.